The Hall–Kier alpha value is 2.12. The molecule has 0 bridgehead atoms. The van der Waals surface area contributed by atoms with E-state index < -0.39 is 0 Å². The summed E-state index contributed by atoms with van der Waals surface area (Å²) >= 11 is 0. The number of hydrogen-bond acceptors (Lipinski definition) is 1. The molecular formula is C2H16Cl3OP3. The third-order valence-corrected chi connectivity index (χ3v) is 0.500. The third-order valence-electron chi connectivity index (χ3n) is 0.167. The molecule has 0 aromatic rings. The minimum Gasteiger partial charge on any atom is -0.381 e. The molecule has 0 aliphatic carbocycles. The van der Waals surface area contributed by atoms with Gasteiger partial charge in [0.1, 0.15) is 0 Å². The molecule has 1 nitrogen and oxygen atoms in total. The number of ether oxygens (including phenoxy) is 1. The zero-order chi connectivity index (χ0) is 3.41. The highest BCUT2D eigenvalue weighted by atomic mass is 35.5. The number of hydrogen-bond donors (Lipinski definition) is 0. The molecule has 0 aromatic heterocycles. The number of rotatable bonds is 1. The maximum atomic E-state index is 4.50. The summed E-state index contributed by atoms with van der Waals surface area (Å²) in [6.07, 6.45) is 0.736. The number of methoxy groups -OCH3 is 1. The summed E-state index contributed by atoms with van der Waals surface area (Å²) < 4.78 is 4.50. The van der Waals surface area contributed by atoms with Gasteiger partial charge in [-0.15, -0.1) is 46.5 Å². The Balaban J connectivity index is -0.00000000450. The van der Waals surface area contributed by atoms with Crippen LogP contribution in [0.2, 0.25) is 0 Å². The average molecular weight is 255 g/mol. The van der Waals surface area contributed by atoms with Gasteiger partial charge in [0.25, 0.3) is 0 Å². The molecule has 0 amide bonds. The van der Waals surface area contributed by atoms with Crippen LogP contribution in [0.4, 0.5) is 0 Å². The molecule has 3 unspecified atom stereocenters. The van der Waals surface area contributed by atoms with E-state index in [4.69, 9.17) is 0 Å². The van der Waals surface area contributed by atoms with Crippen molar-refractivity contribution in [2.45, 2.75) is 0 Å². The summed E-state index contributed by atoms with van der Waals surface area (Å²) in [5.41, 5.74) is 0. The first-order valence-electron chi connectivity index (χ1n) is 1.11. The van der Waals surface area contributed by atoms with Gasteiger partial charge in [0, 0.05) is 7.11 Å². The van der Waals surface area contributed by atoms with E-state index in [0.717, 1.165) is 6.35 Å². The monoisotopic (exact) mass is 254 g/mol. The van der Waals surface area contributed by atoms with Crippen molar-refractivity contribution in [3.8, 4) is 0 Å². The highest BCUT2D eigenvalue weighted by Gasteiger charge is 1.51. The van der Waals surface area contributed by atoms with Crippen molar-refractivity contribution in [2.75, 3.05) is 13.5 Å². The van der Waals surface area contributed by atoms with E-state index in [1.807, 2.05) is 0 Å². The minimum atomic E-state index is 0. The first-order valence-corrected chi connectivity index (χ1v) is 1.92. The summed E-state index contributed by atoms with van der Waals surface area (Å²) in [4.78, 5) is 0. The van der Waals surface area contributed by atoms with Gasteiger partial charge in [-0.2, -0.15) is 19.8 Å². The predicted octanol–water partition coefficient (Wildman–Crippen LogP) is 1.85. The van der Waals surface area contributed by atoms with Crippen molar-refractivity contribution in [3.63, 3.8) is 0 Å². The SMILES string of the molecule is COCP.Cl.Cl.Cl.P.P. The van der Waals surface area contributed by atoms with Crippen molar-refractivity contribution in [2.24, 2.45) is 0 Å². The smallest absolute Gasteiger partial charge is 0.0598 e. The van der Waals surface area contributed by atoms with Crippen molar-refractivity contribution >= 4 is 66.3 Å². The second kappa shape index (κ2) is 49.6. The lowest BCUT2D eigenvalue weighted by Crippen LogP contribution is -1.67. The first kappa shape index (κ1) is 43.4. The maximum Gasteiger partial charge on any atom is 0.0598 e. The molecule has 0 aliphatic rings. The van der Waals surface area contributed by atoms with Gasteiger partial charge < -0.3 is 4.74 Å². The van der Waals surface area contributed by atoms with Gasteiger partial charge in [0.05, 0.1) is 6.35 Å². The van der Waals surface area contributed by atoms with E-state index in [0.29, 0.717) is 0 Å². The van der Waals surface area contributed by atoms with Crippen LogP contribution in [0.5, 0.6) is 0 Å². The minimum absolute atomic E-state index is 0. The van der Waals surface area contributed by atoms with Crippen LogP contribution in [0.25, 0.3) is 0 Å². The van der Waals surface area contributed by atoms with Crippen LogP contribution in [0.3, 0.4) is 0 Å². The summed E-state index contributed by atoms with van der Waals surface area (Å²) in [6, 6.07) is 0. The quantitative estimate of drug-likeness (QED) is 0.650. The molecule has 0 aliphatic heterocycles. The normalized spacial score (nSPS) is 3.33. The maximum absolute atomic E-state index is 4.50. The molecule has 0 aromatic carbocycles. The second-order valence-corrected chi connectivity index (χ2v) is 0.789. The standard InChI is InChI=1S/C2H7OP.3ClH.2H3P/c1-3-2-4;;;;;/h2,4H2,1H3;3*1H;2*1H3. The zero-order valence-corrected chi connectivity index (χ0v) is 11.8. The van der Waals surface area contributed by atoms with Gasteiger partial charge in [-0.3, -0.25) is 0 Å². The Bertz CT molecular complexity index is 19.0. The van der Waals surface area contributed by atoms with Crippen molar-refractivity contribution in [3.05, 3.63) is 0 Å². The highest BCUT2D eigenvalue weighted by Crippen LogP contribution is 1.73. The van der Waals surface area contributed by atoms with Gasteiger partial charge in [-0.05, 0) is 0 Å². The Morgan fingerprint density at radius 3 is 1.22 bits per heavy atom. The van der Waals surface area contributed by atoms with Crippen LogP contribution in [0.15, 0.2) is 0 Å². The van der Waals surface area contributed by atoms with Crippen LogP contribution >= 0.6 is 66.3 Å². The van der Waals surface area contributed by atoms with Crippen molar-refractivity contribution in [1.82, 2.24) is 0 Å². The fourth-order valence-electron chi connectivity index (χ4n) is 0. The molecule has 0 fully saturated rings. The molecule has 0 spiro atoms. The van der Waals surface area contributed by atoms with Crippen LogP contribution in [0.1, 0.15) is 0 Å². The third kappa shape index (κ3) is 68.5. The molecule has 0 radical (unpaired) electrons. The highest BCUT2D eigenvalue weighted by molar-refractivity contribution is 7.16. The van der Waals surface area contributed by atoms with Gasteiger partial charge >= 0.3 is 0 Å². The molecule has 0 saturated heterocycles. The lowest BCUT2D eigenvalue weighted by Gasteiger charge is -1.76. The van der Waals surface area contributed by atoms with E-state index in [1.54, 1.807) is 7.11 Å². The molecule has 9 heavy (non-hydrogen) atoms. The zero-order valence-electron chi connectivity index (χ0n) is 5.33. The summed E-state index contributed by atoms with van der Waals surface area (Å²) in [5, 5.41) is 0. The van der Waals surface area contributed by atoms with Crippen LogP contribution in [-0.4, -0.2) is 13.5 Å². The fraction of sp³-hybridized carbons (Fsp3) is 1.00. The summed E-state index contributed by atoms with van der Waals surface area (Å²) in [6.45, 7) is 0. The van der Waals surface area contributed by atoms with Crippen LogP contribution < -0.4 is 0 Å². The molecule has 7 heteroatoms. The van der Waals surface area contributed by atoms with Gasteiger partial charge in [-0.1, -0.05) is 0 Å². The molecule has 3 atom stereocenters. The summed E-state index contributed by atoms with van der Waals surface area (Å²) in [5.74, 6) is 0. The largest absolute Gasteiger partial charge is 0.381 e. The Morgan fingerprint density at radius 1 is 1.11 bits per heavy atom. The van der Waals surface area contributed by atoms with E-state index in [9.17, 15) is 0 Å². The Kier molecular flexibility index (Phi) is 239. The number of halogens is 3. The van der Waals surface area contributed by atoms with E-state index in [2.05, 4.69) is 14.0 Å². The second-order valence-electron chi connectivity index (χ2n) is 0.455. The molecule has 66 valence electrons. The lowest BCUT2D eigenvalue weighted by molar-refractivity contribution is 0.258. The van der Waals surface area contributed by atoms with Crippen molar-refractivity contribution < 1.29 is 4.74 Å². The fourth-order valence-corrected chi connectivity index (χ4v) is 0. The molecule has 0 heterocycles. The molecule has 0 N–H and O–H groups in total. The van der Waals surface area contributed by atoms with Crippen LogP contribution in [0, 0.1) is 0 Å². The van der Waals surface area contributed by atoms with Gasteiger partial charge in [0.15, 0.2) is 0 Å². The molecular weight excluding hydrogens is 239 g/mol. The van der Waals surface area contributed by atoms with E-state index >= 15 is 0 Å². The molecule has 0 saturated carbocycles. The van der Waals surface area contributed by atoms with Gasteiger partial charge in [-0.25, -0.2) is 0 Å². The van der Waals surface area contributed by atoms with Crippen molar-refractivity contribution in [1.29, 1.82) is 0 Å². The Morgan fingerprint density at radius 2 is 1.22 bits per heavy atom. The Labute approximate surface area is 84.5 Å². The molecule has 0 rings (SSSR count). The van der Waals surface area contributed by atoms with Crippen LogP contribution in [-0.2, 0) is 4.74 Å². The van der Waals surface area contributed by atoms with Gasteiger partial charge in [0.2, 0.25) is 0 Å². The lowest BCUT2D eigenvalue weighted by atomic mass is 11.5. The first-order chi connectivity index (χ1) is 1.91. The predicted molar refractivity (Wildman–Crippen MR) is 65.5 cm³/mol. The summed E-state index contributed by atoms with van der Waals surface area (Å²) in [7, 11) is 4.09. The average Bonchev–Trinajstić information content (AvgIpc) is 1.37. The van der Waals surface area contributed by atoms with E-state index in [1.165, 1.54) is 0 Å². The van der Waals surface area contributed by atoms with E-state index in [-0.39, 0.29) is 57.0 Å². The topological polar surface area (TPSA) is 9.23 Å².